The van der Waals surface area contributed by atoms with E-state index in [0.29, 0.717) is 11.8 Å². The highest BCUT2D eigenvalue weighted by Gasteiger charge is 2.25. The summed E-state index contributed by atoms with van der Waals surface area (Å²) in [7, 11) is 1.62. The maximum atomic E-state index is 5.27. The standard InChI is InChI=1S/C13H18N6O/c1-9-16-11(18-17-9)10-3-7-19(8-4-10)12-13(20-2)15-6-5-14-12/h5-6,10H,3-4,7-8H2,1-2H3,(H,16,17,18). The number of nitrogens with zero attached hydrogens (tertiary/aromatic N) is 5. The van der Waals surface area contributed by atoms with Crippen LogP contribution in [0, 0.1) is 6.92 Å². The van der Waals surface area contributed by atoms with E-state index in [1.165, 1.54) is 0 Å². The third-order valence-electron chi connectivity index (χ3n) is 3.61. The molecule has 106 valence electrons. The Kier molecular flexibility index (Phi) is 3.49. The molecule has 3 heterocycles. The molecule has 1 aliphatic heterocycles. The zero-order valence-corrected chi connectivity index (χ0v) is 11.7. The van der Waals surface area contributed by atoms with Gasteiger partial charge in [0, 0.05) is 31.4 Å². The van der Waals surface area contributed by atoms with Gasteiger partial charge in [0.05, 0.1) is 7.11 Å². The van der Waals surface area contributed by atoms with Gasteiger partial charge in [0.1, 0.15) is 5.82 Å². The number of rotatable bonds is 3. The topological polar surface area (TPSA) is 79.8 Å². The van der Waals surface area contributed by atoms with E-state index >= 15 is 0 Å². The van der Waals surface area contributed by atoms with Crippen LogP contribution in [0.25, 0.3) is 0 Å². The molecular weight excluding hydrogens is 256 g/mol. The monoisotopic (exact) mass is 274 g/mol. The van der Waals surface area contributed by atoms with Crippen molar-refractivity contribution in [3.05, 3.63) is 24.0 Å². The summed E-state index contributed by atoms with van der Waals surface area (Å²) >= 11 is 0. The van der Waals surface area contributed by atoms with Crippen molar-refractivity contribution in [2.75, 3.05) is 25.1 Å². The van der Waals surface area contributed by atoms with Crippen LogP contribution in [0.4, 0.5) is 5.82 Å². The van der Waals surface area contributed by atoms with Gasteiger partial charge in [-0.25, -0.2) is 15.0 Å². The van der Waals surface area contributed by atoms with Crippen molar-refractivity contribution >= 4 is 5.82 Å². The summed E-state index contributed by atoms with van der Waals surface area (Å²) in [4.78, 5) is 15.2. The number of methoxy groups -OCH3 is 1. The number of ether oxygens (including phenoxy) is 1. The smallest absolute Gasteiger partial charge is 0.257 e. The van der Waals surface area contributed by atoms with Crippen molar-refractivity contribution in [2.24, 2.45) is 0 Å². The Morgan fingerprint density at radius 3 is 2.65 bits per heavy atom. The molecule has 0 spiro atoms. The van der Waals surface area contributed by atoms with Gasteiger partial charge in [-0.1, -0.05) is 0 Å². The summed E-state index contributed by atoms with van der Waals surface area (Å²) in [6, 6.07) is 0. The SMILES string of the molecule is COc1nccnc1N1CCC(c2n[nH]c(C)n2)CC1. The van der Waals surface area contributed by atoms with Crippen LogP contribution in [0.15, 0.2) is 12.4 Å². The van der Waals surface area contributed by atoms with E-state index < -0.39 is 0 Å². The first-order chi connectivity index (χ1) is 9.78. The van der Waals surface area contributed by atoms with Gasteiger partial charge in [-0.3, -0.25) is 5.10 Å². The quantitative estimate of drug-likeness (QED) is 0.908. The highest BCUT2D eigenvalue weighted by Crippen LogP contribution is 2.30. The van der Waals surface area contributed by atoms with Crippen LogP contribution < -0.4 is 9.64 Å². The van der Waals surface area contributed by atoms with Gasteiger partial charge in [-0.05, 0) is 19.8 Å². The molecule has 2 aromatic rings. The van der Waals surface area contributed by atoms with Crippen LogP contribution in [-0.4, -0.2) is 45.3 Å². The van der Waals surface area contributed by atoms with Gasteiger partial charge in [-0.2, -0.15) is 5.10 Å². The predicted octanol–water partition coefficient (Wildman–Crippen LogP) is 1.30. The summed E-state index contributed by atoms with van der Waals surface area (Å²) in [5.41, 5.74) is 0. The number of nitrogens with one attached hydrogen (secondary N) is 1. The summed E-state index contributed by atoms with van der Waals surface area (Å²) < 4.78 is 5.27. The lowest BCUT2D eigenvalue weighted by Gasteiger charge is -2.31. The maximum Gasteiger partial charge on any atom is 0.257 e. The molecule has 20 heavy (non-hydrogen) atoms. The Bertz CT molecular complexity index is 576. The Labute approximate surface area is 117 Å². The van der Waals surface area contributed by atoms with Crippen molar-refractivity contribution in [1.29, 1.82) is 0 Å². The normalized spacial score (nSPS) is 16.4. The summed E-state index contributed by atoms with van der Waals surface area (Å²) in [6.45, 7) is 3.75. The highest BCUT2D eigenvalue weighted by atomic mass is 16.5. The van der Waals surface area contributed by atoms with E-state index in [4.69, 9.17) is 4.74 Å². The summed E-state index contributed by atoms with van der Waals surface area (Å²) in [5.74, 6) is 3.62. The third kappa shape index (κ3) is 2.43. The van der Waals surface area contributed by atoms with Crippen LogP contribution in [0.3, 0.4) is 0 Å². The number of hydrogen-bond acceptors (Lipinski definition) is 6. The Morgan fingerprint density at radius 2 is 2.00 bits per heavy atom. The number of anilines is 1. The van der Waals surface area contributed by atoms with E-state index in [-0.39, 0.29) is 0 Å². The highest BCUT2D eigenvalue weighted by molar-refractivity contribution is 5.48. The lowest BCUT2D eigenvalue weighted by molar-refractivity contribution is 0.391. The first-order valence-electron chi connectivity index (χ1n) is 6.76. The van der Waals surface area contributed by atoms with Crippen molar-refractivity contribution in [3.63, 3.8) is 0 Å². The molecule has 0 bridgehead atoms. The molecule has 0 radical (unpaired) electrons. The van der Waals surface area contributed by atoms with Crippen LogP contribution >= 0.6 is 0 Å². The Balaban J connectivity index is 1.69. The van der Waals surface area contributed by atoms with E-state index in [9.17, 15) is 0 Å². The molecule has 0 amide bonds. The number of aromatic amines is 1. The molecule has 1 aliphatic rings. The first-order valence-corrected chi connectivity index (χ1v) is 6.76. The fraction of sp³-hybridized carbons (Fsp3) is 0.538. The van der Waals surface area contributed by atoms with Gasteiger partial charge < -0.3 is 9.64 Å². The lowest BCUT2D eigenvalue weighted by atomic mass is 9.96. The number of H-pyrrole nitrogens is 1. The molecule has 0 saturated carbocycles. The second kappa shape index (κ2) is 5.44. The molecule has 0 unspecified atom stereocenters. The first kappa shape index (κ1) is 12.8. The molecule has 2 aromatic heterocycles. The van der Waals surface area contributed by atoms with Crippen LogP contribution in [0.2, 0.25) is 0 Å². The summed E-state index contributed by atoms with van der Waals surface area (Å²) in [6.07, 6.45) is 5.36. The molecular formula is C13H18N6O. The van der Waals surface area contributed by atoms with Crippen molar-refractivity contribution in [1.82, 2.24) is 25.1 Å². The lowest BCUT2D eigenvalue weighted by Crippen LogP contribution is -2.34. The second-order valence-corrected chi connectivity index (χ2v) is 4.93. The van der Waals surface area contributed by atoms with E-state index in [2.05, 4.69) is 30.0 Å². The second-order valence-electron chi connectivity index (χ2n) is 4.93. The predicted molar refractivity (Wildman–Crippen MR) is 73.9 cm³/mol. The van der Waals surface area contributed by atoms with E-state index in [1.807, 2.05) is 6.92 Å². The van der Waals surface area contributed by atoms with Crippen molar-refractivity contribution < 1.29 is 4.74 Å². The summed E-state index contributed by atoms with van der Waals surface area (Å²) in [5, 5.41) is 7.17. The average Bonchev–Trinajstić information content (AvgIpc) is 2.94. The van der Waals surface area contributed by atoms with Gasteiger partial charge in [0.15, 0.2) is 11.6 Å². The number of piperidine rings is 1. The van der Waals surface area contributed by atoms with Crippen LogP contribution in [-0.2, 0) is 0 Å². The fourth-order valence-corrected chi connectivity index (χ4v) is 2.57. The minimum absolute atomic E-state index is 0.416. The van der Waals surface area contributed by atoms with Crippen molar-refractivity contribution in [3.8, 4) is 5.88 Å². The average molecular weight is 274 g/mol. The molecule has 1 fully saturated rings. The van der Waals surface area contributed by atoms with Crippen LogP contribution in [0.5, 0.6) is 5.88 Å². The zero-order valence-electron chi connectivity index (χ0n) is 11.7. The van der Waals surface area contributed by atoms with E-state index in [1.54, 1.807) is 19.5 Å². The molecule has 1 N–H and O–H groups in total. The fourth-order valence-electron chi connectivity index (χ4n) is 2.57. The minimum atomic E-state index is 0.416. The number of aromatic nitrogens is 5. The van der Waals surface area contributed by atoms with Crippen molar-refractivity contribution in [2.45, 2.75) is 25.7 Å². The molecule has 7 heteroatoms. The Hall–Kier alpha value is -2.18. The van der Waals surface area contributed by atoms with Gasteiger partial charge in [-0.15, -0.1) is 0 Å². The molecule has 3 rings (SSSR count). The zero-order chi connectivity index (χ0) is 13.9. The number of hydrogen-bond donors (Lipinski definition) is 1. The molecule has 7 nitrogen and oxygen atoms in total. The molecule has 1 saturated heterocycles. The molecule has 0 aliphatic carbocycles. The van der Waals surface area contributed by atoms with Crippen LogP contribution in [0.1, 0.15) is 30.4 Å². The Morgan fingerprint density at radius 1 is 1.25 bits per heavy atom. The maximum absolute atomic E-state index is 5.27. The minimum Gasteiger partial charge on any atom is -0.478 e. The van der Waals surface area contributed by atoms with Gasteiger partial charge >= 0.3 is 0 Å². The van der Waals surface area contributed by atoms with E-state index in [0.717, 1.165) is 43.4 Å². The molecule has 0 atom stereocenters. The van der Waals surface area contributed by atoms with Gasteiger partial charge in [0.25, 0.3) is 5.88 Å². The number of aryl methyl sites for hydroxylation is 1. The third-order valence-corrected chi connectivity index (χ3v) is 3.61. The molecule has 0 aromatic carbocycles. The largest absolute Gasteiger partial charge is 0.478 e. The van der Waals surface area contributed by atoms with Gasteiger partial charge in [0.2, 0.25) is 0 Å².